The molecule has 0 aromatic heterocycles. The molecular formula is C21H22FN3O3. The first-order chi connectivity index (χ1) is 13.5. The monoisotopic (exact) mass is 383 g/mol. The maximum atomic E-state index is 12.9. The van der Waals surface area contributed by atoms with Crippen molar-refractivity contribution in [2.75, 3.05) is 32.7 Å². The number of nitrogens with zero attached hydrogens (tertiary/aromatic N) is 2. The van der Waals surface area contributed by atoms with Crippen LogP contribution in [0, 0.1) is 5.82 Å². The van der Waals surface area contributed by atoms with Crippen LogP contribution < -0.4 is 5.32 Å². The zero-order chi connectivity index (χ0) is 19.9. The molecule has 0 bridgehead atoms. The molecule has 3 amide bonds. The van der Waals surface area contributed by atoms with Crippen LogP contribution in [0.5, 0.6) is 0 Å². The summed E-state index contributed by atoms with van der Waals surface area (Å²) in [4.78, 5) is 40.0. The van der Waals surface area contributed by atoms with E-state index in [0.717, 1.165) is 5.56 Å². The summed E-state index contributed by atoms with van der Waals surface area (Å²) in [6.45, 7) is 1.67. The van der Waals surface area contributed by atoms with Gasteiger partial charge in [-0.3, -0.25) is 14.4 Å². The van der Waals surface area contributed by atoms with Crippen LogP contribution in [0.25, 0.3) is 0 Å². The zero-order valence-corrected chi connectivity index (χ0v) is 15.4. The predicted octanol–water partition coefficient (Wildman–Crippen LogP) is 1.47. The molecule has 1 N–H and O–H groups in total. The number of nitrogens with one attached hydrogen (secondary N) is 1. The molecule has 0 radical (unpaired) electrons. The van der Waals surface area contributed by atoms with Crippen molar-refractivity contribution in [3.05, 3.63) is 71.5 Å². The minimum Gasteiger partial charge on any atom is -0.343 e. The van der Waals surface area contributed by atoms with Gasteiger partial charge in [0.15, 0.2) is 0 Å². The van der Waals surface area contributed by atoms with Gasteiger partial charge in [0.1, 0.15) is 5.82 Å². The number of carbonyl (C=O) groups excluding carboxylic acids is 3. The summed E-state index contributed by atoms with van der Waals surface area (Å²) in [5.74, 6) is -0.837. The molecule has 6 nitrogen and oxygen atoms in total. The first-order valence-electron chi connectivity index (χ1n) is 9.16. The van der Waals surface area contributed by atoms with Crippen molar-refractivity contribution in [2.24, 2.45) is 0 Å². The van der Waals surface area contributed by atoms with Crippen LogP contribution in [0.1, 0.15) is 15.9 Å². The summed E-state index contributed by atoms with van der Waals surface area (Å²) >= 11 is 0. The molecule has 28 heavy (non-hydrogen) atoms. The molecular weight excluding hydrogens is 361 g/mol. The van der Waals surface area contributed by atoms with Gasteiger partial charge in [0.2, 0.25) is 11.8 Å². The highest BCUT2D eigenvalue weighted by Gasteiger charge is 2.24. The molecule has 0 aliphatic carbocycles. The molecule has 0 unspecified atom stereocenters. The average molecular weight is 383 g/mol. The Kier molecular flexibility index (Phi) is 6.37. The van der Waals surface area contributed by atoms with Crippen LogP contribution in [-0.2, 0) is 16.0 Å². The fraction of sp³-hybridized carbons (Fsp3) is 0.286. The number of halogens is 1. The second-order valence-electron chi connectivity index (χ2n) is 6.61. The summed E-state index contributed by atoms with van der Waals surface area (Å²) in [6.07, 6.45) is 0.210. The van der Waals surface area contributed by atoms with Gasteiger partial charge in [-0.2, -0.15) is 0 Å². The van der Waals surface area contributed by atoms with Gasteiger partial charge in [-0.1, -0.05) is 30.3 Å². The first kappa shape index (κ1) is 19.5. The second kappa shape index (κ2) is 9.12. The number of piperazine rings is 1. The molecule has 1 saturated heterocycles. The zero-order valence-electron chi connectivity index (χ0n) is 15.4. The topological polar surface area (TPSA) is 69.7 Å². The third-order valence-electron chi connectivity index (χ3n) is 4.69. The Bertz CT molecular complexity index is 832. The van der Waals surface area contributed by atoms with Crippen LogP contribution in [0.4, 0.5) is 4.39 Å². The first-order valence-corrected chi connectivity index (χ1v) is 9.16. The summed E-state index contributed by atoms with van der Waals surface area (Å²) in [5.41, 5.74) is 1.26. The van der Waals surface area contributed by atoms with Gasteiger partial charge >= 0.3 is 0 Å². The third-order valence-corrected chi connectivity index (χ3v) is 4.69. The molecule has 1 aliphatic rings. The average Bonchev–Trinajstić information content (AvgIpc) is 2.74. The minimum absolute atomic E-state index is 0.0453. The highest BCUT2D eigenvalue weighted by molar-refractivity contribution is 5.96. The van der Waals surface area contributed by atoms with E-state index in [9.17, 15) is 18.8 Å². The number of amides is 3. The molecule has 7 heteroatoms. The Hall–Kier alpha value is -3.22. The summed E-state index contributed by atoms with van der Waals surface area (Å²) in [6, 6.07) is 14.6. The highest BCUT2D eigenvalue weighted by atomic mass is 19.1. The number of benzene rings is 2. The summed E-state index contributed by atoms with van der Waals surface area (Å²) in [7, 11) is 0. The number of carbonyl (C=O) groups is 3. The molecule has 2 aromatic rings. The van der Waals surface area contributed by atoms with E-state index in [1.54, 1.807) is 46.2 Å². The molecule has 0 atom stereocenters. The van der Waals surface area contributed by atoms with Crippen LogP contribution in [0.3, 0.4) is 0 Å². The van der Waals surface area contributed by atoms with Gasteiger partial charge in [-0.25, -0.2) is 4.39 Å². The predicted molar refractivity (Wildman–Crippen MR) is 102 cm³/mol. The van der Waals surface area contributed by atoms with E-state index in [-0.39, 0.29) is 36.5 Å². The van der Waals surface area contributed by atoms with Gasteiger partial charge in [0, 0.05) is 31.7 Å². The molecule has 3 rings (SSSR count). The molecule has 146 valence electrons. The lowest BCUT2D eigenvalue weighted by Crippen LogP contribution is -2.52. The second-order valence-corrected chi connectivity index (χ2v) is 6.61. The van der Waals surface area contributed by atoms with Gasteiger partial charge in [0.25, 0.3) is 5.91 Å². The normalized spacial score (nSPS) is 13.9. The number of rotatable bonds is 5. The standard InChI is InChI=1S/C21H22FN3O3/c22-18-8-6-16(7-9-18)14-19(26)24-10-12-25(13-11-24)20(27)15-23-21(28)17-4-2-1-3-5-17/h1-9H,10-15H2,(H,23,28). The van der Waals surface area contributed by atoms with Crippen LogP contribution in [-0.4, -0.2) is 60.2 Å². The fourth-order valence-electron chi connectivity index (χ4n) is 3.05. The molecule has 2 aromatic carbocycles. The molecule has 1 fully saturated rings. The third kappa shape index (κ3) is 5.16. The Morgan fingerprint density at radius 1 is 0.821 bits per heavy atom. The summed E-state index contributed by atoms with van der Waals surface area (Å²) in [5, 5.41) is 2.63. The van der Waals surface area contributed by atoms with E-state index >= 15 is 0 Å². The Morgan fingerprint density at radius 2 is 1.39 bits per heavy atom. The van der Waals surface area contributed by atoms with E-state index in [2.05, 4.69) is 5.32 Å². The van der Waals surface area contributed by atoms with Crippen molar-refractivity contribution < 1.29 is 18.8 Å². The van der Waals surface area contributed by atoms with E-state index in [1.165, 1.54) is 12.1 Å². The van der Waals surface area contributed by atoms with Crippen molar-refractivity contribution >= 4 is 17.7 Å². The highest BCUT2D eigenvalue weighted by Crippen LogP contribution is 2.08. The molecule has 0 spiro atoms. The van der Waals surface area contributed by atoms with Crippen molar-refractivity contribution in [3.63, 3.8) is 0 Å². The van der Waals surface area contributed by atoms with E-state index in [1.807, 2.05) is 6.07 Å². The summed E-state index contributed by atoms with van der Waals surface area (Å²) < 4.78 is 12.9. The Labute approximate surface area is 162 Å². The van der Waals surface area contributed by atoms with Crippen molar-refractivity contribution in [1.82, 2.24) is 15.1 Å². The van der Waals surface area contributed by atoms with Crippen LogP contribution >= 0.6 is 0 Å². The molecule has 1 aliphatic heterocycles. The maximum Gasteiger partial charge on any atom is 0.251 e. The van der Waals surface area contributed by atoms with Gasteiger partial charge in [-0.15, -0.1) is 0 Å². The van der Waals surface area contributed by atoms with E-state index in [0.29, 0.717) is 31.7 Å². The Morgan fingerprint density at radius 3 is 2.00 bits per heavy atom. The lowest BCUT2D eigenvalue weighted by Gasteiger charge is -2.35. The van der Waals surface area contributed by atoms with E-state index in [4.69, 9.17) is 0 Å². The lowest BCUT2D eigenvalue weighted by molar-refractivity contribution is -0.138. The van der Waals surface area contributed by atoms with Gasteiger partial charge in [-0.05, 0) is 29.8 Å². The maximum absolute atomic E-state index is 12.9. The largest absolute Gasteiger partial charge is 0.343 e. The quantitative estimate of drug-likeness (QED) is 0.850. The van der Waals surface area contributed by atoms with E-state index < -0.39 is 0 Å². The number of hydrogen-bond donors (Lipinski definition) is 1. The van der Waals surface area contributed by atoms with Crippen LogP contribution in [0.15, 0.2) is 54.6 Å². The van der Waals surface area contributed by atoms with Gasteiger partial charge in [0.05, 0.1) is 13.0 Å². The Balaban J connectivity index is 1.42. The molecule has 1 heterocycles. The minimum atomic E-state index is -0.331. The fourth-order valence-corrected chi connectivity index (χ4v) is 3.05. The SMILES string of the molecule is O=C(NCC(=O)N1CCN(C(=O)Cc2ccc(F)cc2)CC1)c1ccccc1. The van der Waals surface area contributed by atoms with Crippen molar-refractivity contribution in [2.45, 2.75) is 6.42 Å². The van der Waals surface area contributed by atoms with Crippen LogP contribution in [0.2, 0.25) is 0 Å². The van der Waals surface area contributed by atoms with Crippen molar-refractivity contribution in [3.8, 4) is 0 Å². The number of hydrogen-bond acceptors (Lipinski definition) is 3. The van der Waals surface area contributed by atoms with Gasteiger partial charge < -0.3 is 15.1 Å². The molecule has 0 saturated carbocycles. The lowest BCUT2D eigenvalue weighted by atomic mass is 10.1. The smallest absolute Gasteiger partial charge is 0.251 e. The van der Waals surface area contributed by atoms with Crippen molar-refractivity contribution in [1.29, 1.82) is 0 Å².